The van der Waals surface area contributed by atoms with Gasteiger partial charge >= 0.3 is 0 Å². The molecular weight excluding hydrogens is 500 g/mol. The van der Waals surface area contributed by atoms with E-state index in [9.17, 15) is 14.4 Å². The van der Waals surface area contributed by atoms with E-state index in [1.165, 1.54) is 4.90 Å². The highest BCUT2D eigenvalue weighted by molar-refractivity contribution is 9.12. The SMILES string of the molecule is Cc1ccccc1NC(=O)[C@@H](CC(C)C)N1C(=O)[C@@H]2[C@@H]3C[C@H]([C@H](Br)[C@@H]3Br)[C@@H]2C1=O. The van der Waals surface area contributed by atoms with Crippen LogP contribution in [0.1, 0.15) is 32.3 Å². The number of imide groups is 1. The molecule has 156 valence electrons. The number of alkyl halides is 2. The number of para-hydroxylation sites is 1. The van der Waals surface area contributed by atoms with Gasteiger partial charge in [-0.15, -0.1) is 0 Å². The van der Waals surface area contributed by atoms with Crippen molar-refractivity contribution >= 4 is 55.3 Å². The molecule has 0 radical (unpaired) electrons. The molecule has 1 aliphatic heterocycles. The van der Waals surface area contributed by atoms with Crippen molar-refractivity contribution in [2.75, 3.05) is 5.32 Å². The summed E-state index contributed by atoms with van der Waals surface area (Å²) in [5.41, 5.74) is 1.66. The van der Waals surface area contributed by atoms with Crippen molar-refractivity contribution in [2.45, 2.75) is 49.3 Å². The summed E-state index contributed by atoms with van der Waals surface area (Å²) in [6.07, 6.45) is 1.34. The fraction of sp³-hybridized carbons (Fsp3) is 0.591. The molecule has 1 aromatic rings. The van der Waals surface area contributed by atoms with Crippen LogP contribution in [0.5, 0.6) is 0 Å². The second-order valence-electron chi connectivity index (χ2n) is 9.00. The van der Waals surface area contributed by atoms with Crippen molar-refractivity contribution in [1.29, 1.82) is 0 Å². The molecule has 1 saturated heterocycles. The Bertz CT molecular complexity index is 826. The predicted molar refractivity (Wildman–Crippen MR) is 119 cm³/mol. The van der Waals surface area contributed by atoms with E-state index in [1.54, 1.807) is 0 Å². The molecule has 29 heavy (non-hydrogen) atoms. The maximum absolute atomic E-state index is 13.4. The second-order valence-corrected chi connectivity index (χ2v) is 11.1. The van der Waals surface area contributed by atoms with Crippen molar-refractivity contribution in [3.05, 3.63) is 29.8 Å². The van der Waals surface area contributed by atoms with Crippen LogP contribution < -0.4 is 5.32 Å². The van der Waals surface area contributed by atoms with Crippen LogP contribution in [0.3, 0.4) is 0 Å². The van der Waals surface area contributed by atoms with Crippen molar-refractivity contribution in [2.24, 2.45) is 29.6 Å². The van der Waals surface area contributed by atoms with E-state index >= 15 is 0 Å². The minimum atomic E-state index is -0.776. The van der Waals surface area contributed by atoms with Gasteiger partial charge in [-0.05, 0) is 49.1 Å². The number of carbonyl (C=O) groups is 3. The van der Waals surface area contributed by atoms with Crippen molar-refractivity contribution < 1.29 is 14.4 Å². The maximum Gasteiger partial charge on any atom is 0.247 e. The van der Waals surface area contributed by atoms with Gasteiger partial charge in [0.1, 0.15) is 6.04 Å². The topological polar surface area (TPSA) is 66.5 Å². The number of anilines is 1. The number of fused-ring (bicyclic) bond motifs is 5. The van der Waals surface area contributed by atoms with Crippen LogP contribution in [0.4, 0.5) is 5.69 Å². The van der Waals surface area contributed by atoms with Gasteiger partial charge in [0.25, 0.3) is 0 Å². The first-order valence-electron chi connectivity index (χ1n) is 10.2. The van der Waals surface area contributed by atoms with Gasteiger partial charge in [-0.1, -0.05) is 63.9 Å². The molecule has 1 N–H and O–H groups in total. The van der Waals surface area contributed by atoms with Gasteiger partial charge < -0.3 is 5.32 Å². The molecule has 3 amide bonds. The zero-order chi connectivity index (χ0) is 21.0. The molecular formula is C22H26Br2N2O3. The molecule has 7 heteroatoms. The van der Waals surface area contributed by atoms with Crippen LogP contribution >= 0.6 is 31.9 Å². The first-order chi connectivity index (χ1) is 13.7. The Morgan fingerprint density at radius 2 is 1.66 bits per heavy atom. The van der Waals surface area contributed by atoms with Crippen LogP contribution in [0.2, 0.25) is 0 Å². The number of hydrogen-bond acceptors (Lipinski definition) is 3. The number of carbonyl (C=O) groups excluding carboxylic acids is 3. The number of benzene rings is 1. The van der Waals surface area contributed by atoms with E-state index in [4.69, 9.17) is 0 Å². The smallest absolute Gasteiger partial charge is 0.247 e. The maximum atomic E-state index is 13.4. The van der Waals surface area contributed by atoms with Gasteiger partial charge in [0.15, 0.2) is 0 Å². The highest BCUT2D eigenvalue weighted by Crippen LogP contribution is 2.60. The lowest BCUT2D eigenvalue weighted by atomic mass is 9.81. The summed E-state index contributed by atoms with van der Waals surface area (Å²) in [7, 11) is 0. The third-order valence-corrected chi connectivity index (χ3v) is 9.94. The molecule has 1 aromatic carbocycles. The lowest BCUT2D eigenvalue weighted by Crippen LogP contribution is -2.49. The van der Waals surface area contributed by atoms with E-state index in [0.29, 0.717) is 12.1 Å². The van der Waals surface area contributed by atoms with Gasteiger partial charge in [-0.3, -0.25) is 19.3 Å². The van der Waals surface area contributed by atoms with Gasteiger partial charge in [-0.25, -0.2) is 0 Å². The number of likely N-dealkylation sites (tertiary alicyclic amines) is 1. The lowest BCUT2D eigenvalue weighted by Gasteiger charge is -2.28. The van der Waals surface area contributed by atoms with Crippen LogP contribution in [0.15, 0.2) is 24.3 Å². The van der Waals surface area contributed by atoms with Gasteiger partial charge in [-0.2, -0.15) is 0 Å². The van der Waals surface area contributed by atoms with Gasteiger partial charge in [0.2, 0.25) is 17.7 Å². The Hall–Kier alpha value is -1.21. The van der Waals surface area contributed by atoms with E-state index in [1.807, 2.05) is 45.0 Å². The Morgan fingerprint density at radius 1 is 1.10 bits per heavy atom. The summed E-state index contributed by atoms with van der Waals surface area (Å²) in [6, 6.07) is 6.76. The summed E-state index contributed by atoms with van der Waals surface area (Å²) < 4.78 is 0. The summed E-state index contributed by atoms with van der Waals surface area (Å²) in [5, 5.41) is 2.95. The third-order valence-electron chi connectivity index (χ3n) is 6.73. The number of nitrogens with zero attached hydrogens (tertiary/aromatic N) is 1. The fourth-order valence-corrected chi connectivity index (χ4v) is 7.26. The Morgan fingerprint density at radius 3 is 2.17 bits per heavy atom. The second kappa shape index (κ2) is 7.80. The Labute approximate surface area is 188 Å². The summed E-state index contributed by atoms with van der Waals surface area (Å²) in [4.78, 5) is 41.7. The van der Waals surface area contributed by atoms with E-state index < -0.39 is 6.04 Å². The zero-order valence-electron chi connectivity index (χ0n) is 16.8. The van der Waals surface area contributed by atoms with Crippen LogP contribution in [-0.4, -0.2) is 38.3 Å². The molecule has 2 aliphatic carbocycles. The molecule has 0 aromatic heterocycles. The average molecular weight is 526 g/mol. The number of rotatable bonds is 5. The first-order valence-corrected chi connectivity index (χ1v) is 12.1. The number of hydrogen-bond donors (Lipinski definition) is 1. The quantitative estimate of drug-likeness (QED) is 0.464. The third kappa shape index (κ3) is 3.38. The van der Waals surface area contributed by atoms with Crippen LogP contribution in [-0.2, 0) is 14.4 Å². The number of nitrogens with one attached hydrogen (secondary N) is 1. The molecule has 3 aliphatic rings. The monoisotopic (exact) mass is 524 g/mol. The molecule has 5 nitrogen and oxygen atoms in total. The summed E-state index contributed by atoms with van der Waals surface area (Å²) in [5.74, 6) is -0.743. The van der Waals surface area contributed by atoms with E-state index in [0.717, 1.165) is 12.0 Å². The van der Waals surface area contributed by atoms with E-state index in [-0.39, 0.29) is 57.0 Å². The summed E-state index contributed by atoms with van der Waals surface area (Å²) >= 11 is 7.43. The average Bonchev–Trinajstić information content (AvgIpc) is 3.27. The lowest BCUT2D eigenvalue weighted by molar-refractivity contribution is -0.147. The number of amides is 3. The molecule has 3 fully saturated rings. The molecule has 4 rings (SSSR count). The number of aryl methyl sites for hydroxylation is 1. The minimum absolute atomic E-state index is 0.148. The standard InChI is InChI=1S/C22H26Br2N2O3/c1-10(2)8-15(20(27)25-14-7-5-4-6-11(14)3)26-21(28)16-12-9-13(17(16)22(26)29)19(24)18(12)23/h4-7,10,12-13,15-19H,8-9H2,1-3H3,(H,25,27)/t12-,13-,15+,16-,17+,18-,19+/m0/s1. The zero-order valence-corrected chi connectivity index (χ0v) is 19.9. The van der Waals surface area contributed by atoms with Crippen molar-refractivity contribution in [3.8, 4) is 0 Å². The van der Waals surface area contributed by atoms with Crippen molar-refractivity contribution in [1.82, 2.24) is 4.90 Å². The molecule has 0 spiro atoms. The van der Waals surface area contributed by atoms with Crippen LogP contribution in [0.25, 0.3) is 0 Å². The highest BCUT2D eigenvalue weighted by atomic mass is 79.9. The Kier molecular flexibility index (Phi) is 5.66. The molecule has 2 bridgehead atoms. The molecule has 7 atom stereocenters. The van der Waals surface area contributed by atoms with Crippen molar-refractivity contribution in [3.63, 3.8) is 0 Å². The first kappa shape index (κ1) is 21.0. The summed E-state index contributed by atoms with van der Waals surface area (Å²) in [6.45, 7) is 5.94. The predicted octanol–water partition coefficient (Wildman–Crippen LogP) is 4.13. The minimum Gasteiger partial charge on any atom is -0.324 e. The molecule has 1 heterocycles. The fourth-order valence-electron chi connectivity index (χ4n) is 5.38. The molecule has 0 unspecified atom stereocenters. The highest BCUT2D eigenvalue weighted by Gasteiger charge is 2.67. The molecule has 2 saturated carbocycles. The largest absolute Gasteiger partial charge is 0.324 e. The number of halogens is 2. The van der Waals surface area contributed by atoms with Gasteiger partial charge in [0, 0.05) is 15.3 Å². The van der Waals surface area contributed by atoms with E-state index in [2.05, 4.69) is 37.2 Å². The normalized spacial score (nSPS) is 34.1. The Balaban J connectivity index is 1.62. The van der Waals surface area contributed by atoms with Crippen LogP contribution in [0, 0.1) is 36.5 Å². The van der Waals surface area contributed by atoms with Gasteiger partial charge in [0.05, 0.1) is 11.8 Å².